The SMILES string of the molecule is CCc1ccc(N(c2ccc(C(C)(C)N)cc2)c2ccccc2CC#N)cc1. The first-order valence-corrected chi connectivity index (χ1v) is 9.67. The zero-order valence-corrected chi connectivity index (χ0v) is 16.8. The van der Waals surface area contributed by atoms with Crippen molar-refractivity contribution in [1.82, 2.24) is 0 Å². The largest absolute Gasteiger partial charge is 0.322 e. The second kappa shape index (κ2) is 8.29. The van der Waals surface area contributed by atoms with E-state index in [0.29, 0.717) is 6.42 Å². The highest BCUT2D eigenvalue weighted by molar-refractivity contribution is 5.78. The van der Waals surface area contributed by atoms with E-state index in [1.807, 2.05) is 32.0 Å². The molecule has 0 aliphatic carbocycles. The topological polar surface area (TPSA) is 53.0 Å². The number of benzene rings is 3. The van der Waals surface area contributed by atoms with Crippen molar-refractivity contribution in [3.05, 3.63) is 89.5 Å². The van der Waals surface area contributed by atoms with E-state index in [4.69, 9.17) is 5.73 Å². The molecule has 0 radical (unpaired) electrons. The van der Waals surface area contributed by atoms with Crippen molar-refractivity contribution in [2.24, 2.45) is 5.73 Å². The lowest BCUT2D eigenvalue weighted by Crippen LogP contribution is -2.28. The molecule has 2 N–H and O–H groups in total. The average molecular weight is 370 g/mol. The Morgan fingerprint density at radius 3 is 2.00 bits per heavy atom. The monoisotopic (exact) mass is 369 g/mol. The second-order valence-electron chi connectivity index (χ2n) is 7.59. The molecule has 0 unspecified atom stereocenters. The molecular weight excluding hydrogens is 342 g/mol. The molecule has 28 heavy (non-hydrogen) atoms. The normalized spacial score (nSPS) is 11.1. The summed E-state index contributed by atoms with van der Waals surface area (Å²) in [6.07, 6.45) is 1.37. The second-order valence-corrected chi connectivity index (χ2v) is 7.59. The van der Waals surface area contributed by atoms with Crippen LogP contribution in [0.3, 0.4) is 0 Å². The van der Waals surface area contributed by atoms with Gasteiger partial charge in [-0.1, -0.05) is 49.4 Å². The molecule has 0 bridgehead atoms. The van der Waals surface area contributed by atoms with Crippen molar-refractivity contribution >= 4 is 17.1 Å². The lowest BCUT2D eigenvalue weighted by molar-refractivity contribution is 0.554. The Kier molecular flexibility index (Phi) is 5.82. The van der Waals surface area contributed by atoms with E-state index in [9.17, 15) is 5.26 Å². The molecule has 0 fully saturated rings. The van der Waals surface area contributed by atoms with Crippen LogP contribution in [-0.2, 0) is 18.4 Å². The molecule has 0 saturated heterocycles. The van der Waals surface area contributed by atoms with Gasteiger partial charge in [-0.25, -0.2) is 0 Å². The number of nitrogens with zero attached hydrogens (tertiary/aromatic N) is 2. The Labute approximate surface area is 168 Å². The van der Waals surface area contributed by atoms with Crippen LogP contribution in [0, 0.1) is 11.3 Å². The third kappa shape index (κ3) is 4.24. The highest BCUT2D eigenvalue weighted by Crippen LogP contribution is 2.37. The van der Waals surface area contributed by atoms with Crippen LogP contribution in [0.2, 0.25) is 0 Å². The minimum Gasteiger partial charge on any atom is -0.322 e. The number of aryl methyl sites for hydroxylation is 1. The standard InChI is InChI=1S/C25H27N3/c1-4-19-9-13-22(14-10-19)28(24-8-6-5-7-20(24)17-18-26)23-15-11-21(12-16-23)25(2,3)27/h5-16H,4,17,27H2,1-3H3. The lowest BCUT2D eigenvalue weighted by atomic mass is 9.95. The van der Waals surface area contributed by atoms with E-state index >= 15 is 0 Å². The minimum absolute atomic E-state index is 0.369. The van der Waals surface area contributed by atoms with Crippen LogP contribution in [0.5, 0.6) is 0 Å². The number of anilines is 3. The van der Waals surface area contributed by atoms with Gasteiger partial charge in [0, 0.05) is 16.9 Å². The summed E-state index contributed by atoms with van der Waals surface area (Å²) < 4.78 is 0. The van der Waals surface area contributed by atoms with Crippen LogP contribution < -0.4 is 10.6 Å². The van der Waals surface area contributed by atoms with Crippen LogP contribution in [0.4, 0.5) is 17.1 Å². The molecule has 3 aromatic carbocycles. The first-order chi connectivity index (χ1) is 13.4. The average Bonchev–Trinajstić information content (AvgIpc) is 2.70. The third-order valence-electron chi connectivity index (χ3n) is 4.97. The van der Waals surface area contributed by atoms with E-state index in [1.165, 1.54) is 5.56 Å². The Hall–Kier alpha value is -3.09. The van der Waals surface area contributed by atoms with E-state index in [1.54, 1.807) is 0 Å². The van der Waals surface area contributed by atoms with Gasteiger partial charge >= 0.3 is 0 Å². The summed E-state index contributed by atoms with van der Waals surface area (Å²) in [5, 5.41) is 9.28. The predicted octanol–water partition coefficient (Wildman–Crippen LogP) is 5.98. The maximum absolute atomic E-state index is 9.28. The van der Waals surface area contributed by atoms with Gasteiger partial charge in [-0.05, 0) is 67.3 Å². The third-order valence-corrected chi connectivity index (χ3v) is 4.97. The minimum atomic E-state index is -0.384. The van der Waals surface area contributed by atoms with Crippen molar-refractivity contribution in [1.29, 1.82) is 5.26 Å². The van der Waals surface area contributed by atoms with Crippen LogP contribution in [0.1, 0.15) is 37.5 Å². The molecule has 0 atom stereocenters. The van der Waals surface area contributed by atoms with Crippen molar-refractivity contribution in [2.45, 2.75) is 39.2 Å². The molecule has 0 aliphatic heterocycles. The molecule has 0 spiro atoms. The summed E-state index contributed by atoms with van der Waals surface area (Å²) >= 11 is 0. The van der Waals surface area contributed by atoms with Gasteiger partial charge in [0.15, 0.2) is 0 Å². The smallest absolute Gasteiger partial charge is 0.0670 e. The number of rotatable bonds is 6. The zero-order chi connectivity index (χ0) is 20.1. The number of nitriles is 1. The number of hydrogen-bond acceptors (Lipinski definition) is 3. The molecular formula is C25H27N3. The molecule has 142 valence electrons. The summed E-state index contributed by atoms with van der Waals surface area (Å²) in [6, 6.07) is 27.3. The van der Waals surface area contributed by atoms with Gasteiger partial charge < -0.3 is 10.6 Å². The Morgan fingerprint density at radius 1 is 0.893 bits per heavy atom. The first kappa shape index (κ1) is 19.7. The lowest BCUT2D eigenvalue weighted by Gasteiger charge is -2.28. The van der Waals surface area contributed by atoms with E-state index < -0.39 is 0 Å². The van der Waals surface area contributed by atoms with Gasteiger partial charge in [0.1, 0.15) is 0 Å². The van der Waals surface area contributed by atoms with E-state index in [-0.39, 0.29) is 5.54 Å². The summed E-state index contributed by atoms with van der Waals surface area (Å²) in [4.78, 5) is 2.21. The molecule has 3 heteroatoms. The van der Waals surface area contributed by atoms with Gasteiger partial charge in [-0.15, -0.1) is 0 Å². The fourth-order valence-corrected chi connectivity index (χ4v) is 3.31. The summed E-state index contributed by atoms with van der Waals surface area (Å²) in [7, 11) is 0. The van der Waals surface area contributed by atoms with Crippen LogP contribution in [0.15, 0.2) is 72.8 Å². The van der Waals surface area contributed by atoms with E-state index in [0.717, 1.165) is 34.6 Å². The maximum atomic E-state index is 9.28. The van der Waals surface area contributed by atoms with Crippen molar-refractivity contribution in [3.63, 3.8) is 0 Å². The van der Waals surface area contributed by atoms with Crippen LogP contribution in [-0.4, -0.2) is 0 Å². The van der Waals surface area contributed by atoms with Gasteiger partial charge in [-0.2, -0.15) is 5.26 Å². The number of hydrogen-bond donors (Lipinski definition) is 1. The summed E-state index contributed by atoms with van der Waals surface area (Å²) in [6.45, 7) is 6.17. The molecule has 0 saturated carbocycles. The highest BCUT2D eigenvalue weighted by Gasteiger charge is 2.18. The molecule has 3 rings (SSSR count). The molecule has 3 aromatic rings. The Morgan fingerprint density at radius 2 is 1.46 bits per heavy atom. The van der Waals surface area contributed by atoms with Gasteiger partial charge in [-0.3, -0.25) is 0 Å². The summed E-state index contributed by atoms with van der Waals surface area (Å²) in [5.41, 5.74) is 12.4. The Balaban J connectivity index is 2.13. The van der Waals surface area contributed by atoms with Crippen molar-refractivity contribution < 1.29 is 0 Å². The van der Waals surface area contributed by atoms with Crippen molar-refractivity contribution in [3.8, 4) is 6.07 Å². The molecule has 3 nitrogen and oxygen atoms in total. The van der Waals surface area contributed by atoms with Crippen molar-refractivity contribution in [2.75, 3.05) is 4.90 Å². The maximum Gasteiger partial charge on any atom is 0.0670 e. The number of nitrogens with two attached hydrogens (primary N) is 1. The predicted molar refractivity (Wildman–Crippen MR) is 117 cm³/mol. The van der Waals surface area contributed by atoms with Crippen LogP contribution in [0.25, 0.3) is 0 Å². The van der Waals surface area contributed by atoms with Gasteiger partial charge in [0.2, 0.25) is 0 Å². The molecule has 0 aromatic heterocycles. The van der Waals surface area contributed by atoms with E-state index in [2.05, 4.69) is 72.5 Å². The van der Waals surface area contributed by atoms with Gasteiger partial charge in [0.05, 0.1) is 18.2 Å². The zero-order valence-electron chi connectivity index (χ0n) is 16.8. The fraction of sp³-hybridized carbons (Fsp3) is 0.240. The molecule has 0 heterocycles. The molecule has 0 amide bonds. The highest BCUT2D eigenvalue weighted by atomic mass is 15.1. The fourth-order valence-electron chi connectivity index (χ4n) is 3.31. The summed E-state index contributed by atoms with van der Waals surface area (Å²) in [5.74, 6) is 0. The first-order valence-electron chi connectivity index (χ1n) is 9.67. The number of para-hydroxylation sites is 1. The molecule has 0 aliphatic rings. The van der Waals surface area contributed by atoms with Gasteiger partial charge in [0.25, 0.3) is 0 Å². The Bertz CT molecular complexity index is 958. The quantitative estimate of drug-likeness (QED) is 0.581. The van der Waals surface area contributed by atoms with Crippen LogP contribution >= 0.6 is 0 Å².